The molecule has 1 nitrogen and oxygen atoms in total. The Bertz CT molecular complexity index is 833. The van der Waals surface area contributed by atoms with Crippen LogP contribution in [-0.2, 0) is 0 Å². The van der Waals surface area contributed by atoms with E-state index in [2.05, 4.69) is 65.5 Å². The van der Waals surface area contributed by atoms with Crippen molar-refractivity contribution in [3.8, 4) is 0 Å². The van der Waals surface area contributed by atoms with Gasteiger partial charge < -0.3 is 5.32 Å². The number of hydrogen-bond donors (Lipinski definition) is 1. The summed E-state index contributed by atoms with van der Waals surface area (Å²) in [7, 11) is 0. The van der Waals surface area contributed by atoms with E-state index in [-0.39, 0.29) is 6.04 Å². The predicted octanol–water partition coefficient (Wildman–Crippen LogP) is 6.63. The van der Waals surface area contributed by atoms with Crippen molar-refractivity contribution in [1.82, 2.24) is 5.32 Å². The Balaban J connectivity index is 1.77. The predicted molar refractivity (Wildman–Crippen MR) is 112 cm³/mol. The number of nitrogens with one attached hydrogen (secondary N) is 1. The van der Waals surface area contributed by atoms with E-state index >= 15 is 0 Å². The second kappa shape index (κ2) is 7.94. The van der Waals surface area contributed by atoms with Crippen LogP contribution in [-0.4, -0.2) is 12.3 Å². The molecule has 1 unspecified atom stereocenters. The molecule has 0 saturated heterocycles. The molecule has 0 spiro atoms. The lowest BCUT2D eigenvalue weighted by Gasteiger charge is -2.30. The highest BCUT2D eigenvalue weighted by Crippen LogP contribution is 2.37. The zero-order valence-corrected chi connectivity index (χ0v) is 16.3. The van der Waals surface area contributed by atoms with Gasteiger partial charge in [0.1, 0.15) is 0 Å². The van der Waals surface area contributed by atoms with Gasteiger partial charge in [0.2, 0.25) is 0 Å². The van der Waals surface area contributed by atoms with Crippen molar-refractivity contribution in [2.75, 3.05) is 6.26 Å². The molecule has 1 fully saturated rings. The van der Waals surface area contributed by atoms with Gasteiger partial charge in [0.25, 0.3) is 0 Å². The lowest BCUT2D eigenvalue weighted by molar-refractivity contribution is 0.354. The number of fused-ring (bicyclic) bond motifs is 1. The molecular weight excluding hydrogens is 342 g/mol. The van der Waals surface area contributed by atoms with Crippen LogP contribution in [0, 0.1) is 0 Å². The lowest BCUT2D eigenvalue weighted by Crippen LogP contribution is -2.35. The van der Waals surface area contributed by atoms with E-state index in [1.807, 2.05) is 23.1 Å². The fraction of sp³-hybridized carbons (Fsp3) is 0.364. The normalized spacial score (nSPS) is 17.0. The Morgan fingerprint density at radius 3 is 2.56 bits per heavy atom. The van der Waals surface area contributed by atoms with Crippen LogP contribution in [0.2, 0.25) is 0 Å². The van der Waals surface area contributed by atoms with Crippen molar-refractivity contribution in [1.29, 1.82) is 0 Å². The molecule has 3 aromatic rings. The van der Waals surface area contributed by atoms with E-state index in [1.165, 1.54) is 58.2 Å². The topological polar surface area (TPSA) is 12.0 Å². The van der Waals surface area contributed by atoms with Crippen LogP contribution in [0.5, 0.6) is 0 Å². The SMILES string of the molecule is CSc1ccccc1C(NC1CCCCC1)c1csc2ccccc12. The molecule has 1 atom stereocenters. The molecule has 1 aromatic heterocycles. The summed E-state index contributed by atoms with van der Waals surface area (Å²) < 4.78 is 1.38. The highest BCUT2D eigenvalue weighted by atomic mass is 32.2. The van der Waals surface area contributed by atoms with Crippen molar-refractivity contribution in [3.63, 3.8) is 0 Å². The molecule has 0 amide bonds. The van der Waals surface area contributed by atoms with Crippen LogP contribution in [0.3, 0.4) is 0 Å². The van der Waals surface area contributed by atoms with Gasteiger partial charge in [0, 0.05) is 15.6 Å². The Morgan fingerprint density at radius 1 is 0.960 bits per heavy atom. The van der Waals surface area contributed by atoms with E-state index in [0.29, 0.717) is 6.04 Å². The van der Waals surface area contributed by atoms with E-state index in [9.17, 15) is 0 Å². The van der Waals surface area contributed by atoms with Gasteiger partial charge in [-0.15, -0.1) is 23.1 Å². The van der Waals surface area contributed by atoms with Gasteiger partial charge in [-0.25, -0.2) is 0 Å². The fourth-order valence-electron chi connectivity index (χ4n) is 3.98. The molecule has 2 aromatic carbocycles. The summed E-state index contributed by atoms with van der Waals surface area (Å²) in [6.07, 6.45) is 8.91. The third kappa shape index (κ3) is 3.64. The van der Waals surface area contributed by atoms with Crippen molar-refractivity contribution in [2.45, 2.75) is 49.1 Å². The monoisotopic (exact) mass is 367 g/mol. The molecule has 1 N–H and O–H groups in total. The molecule has 1 aliphatic carbocycles. The minimum atomic E-state index is 0.280. The van der Waals surface area contributed by atoms with Crippen molar-refractivity contribution in [3.05, 3.63) is 65.0 Å². The number of thiophene rings is 1. The van der Waals surface area contributed by atoms with Gasteiger partial charge in [0.05, 0.1) is 6.04 Å². The van der Waals surface area contributed by atoms with Gasteiger partial charge >= 0.3 is 0 Å². The van der Waals surface area contributed by atoms with E-state index in [4.69, 9.17) is 0 Å². The van der Waals surface area contributed by atoms with Crippen LogP contribution in [0.1, 0.15) is 49.3 Å². The van der Waals surface area contributed by atoms with E-state index in [0.717, 1.165) is 0 Å². The second-order valence-electron chi connectivity index (χ2n) is 6.86. The summed E-state index contributed by atoms with van der Waals surface area (Å²) in [5.74, 6) is 0. The average molecular weight is 368 g/mol. The number of benzene rings is 2. The molecule has 0 radical (unpaired) electrons. The molecule has 1 saturated carbocycles. The van der Waals surface area contributed by atoms with Gasteiger partial charge in [-0.05, 0) is 53.1 Å². The van der Waals surface area contributed by atoms with Gasteiger partial charge in [-0.2, -0.15) is 0 Å². The molecular formula is C22H25NS2. The Kier molecular flexibility index (Phi) is 5.45. The van der Waals surface area contributed by atoms with Crippen LogP contribution >= 0.6 is 23.1 Å². The first-order chi connectivity index (χ1) is 12.4. The standard InChI is InChI=1S/C22H25NS2/c1-24-20-13-7-6-12-18(20)22(23-16-9-3-2-4-10-16)19-15-25-21-14-8-5-11-17(19)21/h5-8,11-16,22-23H,2-4,9-10H2,1H3. The first-order valence-electron chi connectivity index (χ1n) is 9.22. The Morgan fingerprint density at radius 2 is 1.72 bits per heavy atom. The highest BCUT2D eigenvalue weighted by molar-refractivity contribution is 7.98. The first-order valence-corrected chi connectivity index (χ1v) is 11.3. The van der Waals surface area contributed by atoms with Crippen molar-refractivity contribution < 1.29 is 0 Å². The largest absolute Gasteiger partial charge is 0.303 e. The highest BCUT2D eigenvalue weighted by Gasteiger charge is 2.24. The quantitative estimate of drug-likeness (QED) is 0.508. The summed E-state index contributed by atoms with van der Waals surface area (Å²) in [5, 5.41) is 7.80. The number of hydrogen-bond acceptors (Lipinski definition) is 3. The molecule has 4 rings (SSSR count). The summed E-state index contributed by atoms with van der Waals surface area (Å²) in [4.78, 5) is 1.38. The van der Waals surface area contributed by atoms with Gasteiger partial charge in [-0.3, -0.25) is 0 Å². The zero-order valence-electron chi connectivity index (χ0n) is 14.7. The summed E-state index contributed by atoms with van der Waals surface area (Å²) in [6, 6.07) is 18.6. The lowest BCUT2D eigenvalue weighted by atomic mass is 9.91. The molecule has 130 valence electrons. The second-order valence-corrected chi connectivity index (χ2v) is 8.62. The summed E-state index contributed by atoms with van der Waals surface area (Å²) >= 11 is 3.72. The summed E-state index contributed by atoms with van der Waals surface area (Å²) in [5.41, 5.74) is 2.86. The Hall–Kier alpha value is -1.29. The van der Waals surface area contributed by atoms with Crippen molar-refractivity contribution in [2.24, 2.45) is 0 Å². The van der Waals surface area contributed by atoms with Crippen molar-refractivity contribution >= 4 is 33.2 Å². The number of thioether (sulfide) groups is 1. The molecule has 25 heavy (non-hydrogen) atoms. The maximum absolute atomic E-state index is 4.03. The third-order valence-corrected chi connectivity index (χ3v) is 7.07. The first kappa shape index (κ1) is 17.1. The van der Waals surface area contributed by atoms with E-state index < -0.39 is 0 Å². The molecule has 0 bridgehead atoms. The maximum atomic E-state index is 4.03. The molecule has 1 aliphatic rings. The van der Waals surface area contributed by atoms with Crippen LogP contribution in [0.25, 0.3) is 10.1 Å². The van der Waals surface area contributed by atoms with Crippen LogP contribution in [0.15, 0.2) is 58.8 Å². The molecule has 0 aliphatic heterocycles. The van der Waals surface area contributed by atoms with Crippen LogP contribution in [0.4, 0.5) is 0 Å². The van der Waals surface area contributed by atoms with Gasteiger partial charge in [-0.1, -0.05) is 55.7 Å². The summed E-state index contributed by atoms with van der Waals surface area (Å²) in [6.45, 7) is 0. The van der Waals surface area contributed by atoms with Gasteiger partial charge in [0.15, 0.2) is 0 Å². The zero-order chi connectivity index (χ0) is 17.1. The van der Waals surface area contributed by atoms with Crippen LogP contribution < -0.4 is 5.32 Å². The maximum Gasteiger partial charge on any atom is 0.0604 e. The molecule has 3 heteroatoms. The smallest absolute Gasteiger partial charge is 0.0604 e. The molecule has 1 heterocycles. The third-order valence-electron chi connectivity index (χ3n) is 5.28. The minimum Gasteiger partial charge on any atom is -0.303 e. The Labute approximate surface area is 158 Å². The minimum absolute atomic E-state index is 0.280. The number of rotatable bonds is 5. The fourth-order valence-corrected chi connectivity index (χ4v) is 5.60. The van der Waals surface area contributed by atoms with E-state index in [1.54, 1.807) is 0 Å². The average Bonchev–Trinajstić information content (AvgIpc) is 3.11.